The molecule has 0 unspecified atom stereocenters. The van der Waals surface area contributed by atoms with Crippen LogP contribution in [0.1, 0.15) is 0 Å². The molecule has 0 aliphatic heterocycles. The van der Waals surface area contributed by atoms with Crippen LogP contribution in [0, 0.1) is 0 Å². The molecule has 0 saturated heterocycles. The molecule has 0 fully saturated rings. The molecule has 0 bridgehead atoms. The minimum absolute atomic E-state index is 0.865. The summed E-state index contributed by atoms with van der Waals surface area (Å²) in [4.78, 5) is 0. The second-order valence-corrected chi connectivity index (χ2v) is 6.51. The molecule has 3 heteroatoms. The molecule has 0 aliphatic rings. The van der Waals surface area contributed by atoms with Crippen LogP contribution >= 0.6 is 0 Å². The van der Waals surface area contributed by atoms with Gasteiger partial charge >= 0.3 is 142 Å². The van der Waals surface area contributed by atoms with E-state index in [0.717, 1.165) is 11.5 Å². The van der Waals surface area contributed by atoms with E-state index < -0.39 is 16.1 Å². The summed E-state index contributed by atoms with van der Waals surface area (Å²) in [5.41, 5.74) is 0. The Labute approximate surface area is 141 Å². The first-order valence-corrected chi connectivity index (χ1v) is 9.16. The summed E-state index contributed by atoms with van der Waals surface area (Å²) in [6, 6.07) is 28.8. The SMILES string of the molecule is c1ccc2cc([O][Ge][O]c3ccc4ccccc4c3)ccc2c1. The van der Waals surface area contributed by atoms with Crippen molar-refractivity contribution >= 4 is 37.6 Å². The van der Waals surface area contributed by atoms with Crippen LogP contribution in [0.4, 0.5) is 0 Å². The molecule has 0 heterocycles. The summed E-state index contributed by atoms with van der Waals surface area (Å²) in [7, 11) is 0. The Hall–Kier alpha value is -2.46. The number of hydrogen-bond acceptors (Lipinski definition) is 2. The van der Waals surface area contributed by atoms with Crippen molar-refractivity contribution in [3.63, 3.8) is 0 Å². The Kier molecular flexibility index (Phi) is 3.90. The fourth-order valence-corrected chi connectivity index (χ4v) is 3.60. The monoisotopic (exact) mass is 360 g/mol. The van der Waals surface area contributed by atoms with Crippen molar-refractivity contribution in [3.05, 3.63) is 84.9 Å². The first kappa shape index (κ1) is 14.2. The van der Waals surface area contributed by atoms with Gasteiger partial charge in [0.15, 0.2) is 0 Å². The van der Waals surface area contributed by atoms with Gasteiger partial charge in [-0.1, -0.05) is 0 Å². The van der Waals surface area contributed by atoms with E-state index in [9.17, 15) is 0 Å². The van der Waals surface area contributed by atoms with Crippen LogP contribution in [0.3, 0.4) is 0 Å². The molecule has 110 valence electrons. The average Bonchev–Trinajstić information content (AvgIpc) is 2.61. The van der Waals surface area contributed by atoms with E-state index in [2.05, 4.69) is 48.5 Å². The summed E-state index contributed by atoms with van der Waals surface area (Å²) < 4.78 is 11.7. The van der Waals surface area contributed by atoms with Crippen LogP contribution in [0.2, 0.25) is 0 Å². The molecule has 0 atom stereocenters. The van der Waals surface area contributed by atoms with Crippen LogP contribution in [0.5, 0.6) is 11.5 Å². The fourth-order valence-electron chi connectivity index (χ4n) is 2.58. The molecular weight excluding hydrogens is 345 g/mol. The van der Waals surface area contributed by atoms with Gasteiger partial charge < -0.3 is 0 Å². The van der Waals surface area contributed by atoms with Gasteiger partial charge in [0.05, 0.1) is 0 Å². The molecule has 0 N–H and O–H groups in total. The Morgan fingerprint density at radius 3 is 1.39 bits per heavy atom. The normalized spacial score (nSPS) is 10.8. The van der Waals surface area contributed by atoms with E-state index in [1.165, 1.54) is 21.5 Å². The van der Waals surface area contributed by atoms with E-state index >= 15 is 0 Å². The Bertz CT molecular complexity index is 886. The van der Waals surface area contributed by atoms with Gasteiger partial charge in [-0.25, -0.2) is 0 Å². The van der Waals surface area contributed by atoms with E-state index in [0.29, 0.717) is 0 Å². The first-order chi connectivity index (χ1) is 11.4. The van der Waals surface area contributed by atoms with Gasteiger partial charge in [0.25, 0.3) is 0 Å². The van der Waals surface area contributed by atoms with E-state index in [4.69, 9.17) is 7.53 Å². The zero-order valence-corrected chi connectivity index (χ0v) is 14.5. The van der Waals surface area contributed by atoms with Gasteiger partial charge in [-0.05, 0) is 0 Å². The third kappa shape index (κ3) is 3.17. The van der Waals surface area contributed by atoms with Crippen LogP contribution in [0.25, 0.3) is 21.5 Å². The average molecular weight is 359 g/mol. The summed E-state index contributed by atoms with van der Waals surface area (Å²) in [6.07, 6.45) is 0. The number of benzene rings is 4. The maximum atomic E-state index is 5.83. The summed E-state index contributed by atoms with van der Waals surface area (Å²) in [5.74, 6) is 1.73. The standard InChI is InChI=1S/C20H14GeO2/c1-3-7-17-13-19(11-9-15(17)5-1)22-21-23-20-12-10-16-6-2-4-8-18(16)14-20/h1-14H. The van der Waals surface area contributed by atoms with Gasteiger partial charge in [-0.2, -0.15) is 0 Å². The number of hydrogen-bond donors (Lipinski definition) is 0. The van der Waals surface area contributed by atoms with Gasteiger partial charge in [-0.15, -0.1) is 0 Å². The maximum absolute atomic E-state index is 5.83. The second kappa shape index (κ2) is 6.34. The zero-order chi connectivity index (χ0) is 15.5. The summed E-state index contributed by atoms with van der Waals surface area (Å²) in [5, 5.41) is 4.80. The van der Waals surface area contributed by atoms with Gasteiger partial charge in [0.2, 0.25) is 0 Å². The zero-order valence-electron chi connectivity index (χ0n) is 12.4. The van der Waals surface area contributed by atoms with Crippen LogP contribution in [-0.4, -0.2) is 16.1 Å². The van der Waals surface area contributed by atoms with Crippen molar-refractivity contribution in [2.75, 3.05) is 0 Å². The molecule has 23 heavy (non-hydrogen) atoms. The summed E-state index contributed by atoms with van der Waals surface area (Å²) in [6.45, 7) is 0. The third-order valence-corrected chi connectivity index (χ3v) is 5.10. The fraction of sp³-hybridized carbons (Fsp3) is 0. The Morgan fingerprint density at radius 2 is 0.913 bits per heavy atom. The second-order valence-electron chi connectivity index (χ2n) is 5.31. The predicted molar refractivity (Wildman–Crippen MR) is 94.9 cm³/mol. The topological polar surface area (TPSA) is 18.5 Å². The van der Waals surface area contributed by atoms with Gasteiger partial charge in [0.1, 0.15) is 0 Å². The predicted octanol–water partition coefficient (Wildman–Crippen LogP) is 4.99. The van der Waals surface area contributed by atoms with Crippen molar-refractivity contribution < 1.29 is 7.53 Å². The van der Waals surface area contributed by atoms with Crippen LogP contribution < -0.4 is 7.53 Å². The number of fused-ring (bicyclic) bond motifs is 2. The molecule has 0 spiro atoms. The molecule has 0 aliphatic carbocycles. The molecule has 4 rings (SSSR count). The molecule has 2 radical (unpaired) electrons. The van der Waals surface area contributed by atoms with Crippen molar-refractivity contribution in [1.29, 1.82) is 0 Å². The van der Waals surface area contributed by atoms with Crippen molar-refractivity contribution in [2.24, 2.45) is 0 Å². The quantitative estimate of drug-likeness (QED) is 0.479. The number of rotatable bonds is 4. The van der Waals surface area contributed by atoms with Crippen molar-refractivity contribution in [1.82, 2.24) is 0 Å². The van der Waals surface area contributed by atoms with Gasteiger partial charge in [0, 0.05) is 0 Å². The molecule has 2 nitrogen and oxygen atoms in total. The molecule has 0 saturated carbocycles. The molecule has 0 amide bonds. The molecule has 4 aromatic rings. The Balaban J connectivity index is 1.45. The molecule has 4 aromatic carbocycles. The first-order valence-electron chi connectivity index (χ1n) is 7.45. The Morgan fingerprint density at radius 1 is 0.478 bits per heavy atom. The third-order valence-electron chi connectivity index (χ3n) is 3.76. The van der Waals surface area contributed by atoms with Crippen LogP contribution in [0.15, 0.2) is 84.9 Å². The molecular formula is C20H14GeO2. The van der Waals surface area contributed by atoms with E-state index in [1.807, 2.05) is 36.4 Å². The van der Waals surface area contributed by atoms with E-state index in [-0.39, 0.29) is 0 Å². The molecule has 0 aromatic heterocycles. The van der Waals surface area contributed by atoms with Gasteiger partial charge in [-0.3, -0.25) is 0 Å². The van der Waals surface area contributed by atoms with Crippen molar-refractivity contribution in [3.8, 4) is 11.5 Å². The van der Waals surface area contributed by atoms with Crippen LogP contribution in [-0.2, 0) is 0 Å². The minimum atomic E-state index is -0.987. The van der Waals surface area contributed by atoms with E-state index in [1.54, 1.807) is 0 Å². The summed E-state index contributed by atoms with van der Waals surface area (Å²) >= 11 is -0.987. The van der Waals surface area contributed by atoms with Crippen molar-refractivity contribution in [2.45, 2.75) is 0 Å².